The summed E-state index contributed by atoms with van der Waals surface area (Å²) < 4.78 is 5.41. The fourth-order valence-electron chi connectivity index (χ4n) is 2.05. The number of nitrogens with zero attached hydrogens (tertiary/aromatic N) is 2. The number of ether oxygens (including phenoxy) is 1. The van der Waals surface area contributed by atoms with Crippen LogP contribution in [0.5, 0.6) is 5.75 Å². The van der Waals surface area contributed by atoms with E-state index in [1.54, 1.807) is 23.6 Å². The summed E-state index contributed by atoms with van der Waals surface area (Å²) >= 11 is 1.55. The van der Waals surface area contributed by atoms with E-state index in [0.717, 1.165) is 16.2 Å². The number of nitrogens with one attached hydrogen (secondary N) is 2. The van der Waals surface area contributed by atoms with Crippen molar-refractivity contribution in [3.63, 3.8) is 0 Å². The van der Waals surface area contributed by atoms with E-state index in [9.17, 15) is 4.79 Å². The first-order valence-corrected chi connectivity index (χ1v) is 8.30. The van der Waals surface area contributed by atoms with Crippen LogP contribution in [0.2, 0.25) is 0 Å². The van der Waals surface area contributed by atoms with Gasteiger partial charge in [0, 0.05) is 10.4 Å². The number of hydrogen-bond donors (Lipinski definition) is 2. The molecular formula is C17H16N4O2S. The van der Waals surface area contributed by atoms with Gasteiger partial charge in [0.1, 0.15) is 11.4 Å². The molecule has 0 saturated carbocycles. The third-order valence-electron chi connectivity index (χ3n) is 3.18. The number of rotatable bonds is 6. The minimum absolute atomic E-state index is 0.340. The van der Waals surface area contributed by atoms with E-state index in [4.69, 9.17) is 4.74 Å². The predicted octanol–water partition coefficient (Wildman–Crippen LogP) is 3.30. The molecule has 3 aromatic rings. The lowest BCUT2D eigenvalue weighted by molar-refractivity contribution is 0.0950. The van der Waals surface area contributed by atoms with Gasteiger partial charge in [0.05, 0.1) is 18.5 Å². The van der Waals surface area contributed by atoms with E-state index in [1.165, 1.54) is 0 Å². The molecule has 7 heteroatoms. The smallest absolute Gasteiger partial charge is 0.289 e. The second-order valence-corrected chi connectivity index (χ2v) is 5.82. The molecule has 0 fully saturated rings. The molecule has 1 aromatic carbocycles. The van der Waals surface area contributed by atoms with Crippen LogP contribution in [0.25, 0.3) is 11.3 Å². The van der Waals surface area contributed by atoms with Crippen molar-refractivity contribution in [3.05, 3.63) is 58.4 Å². The zero-order chi connectivity index (χ0) is 16.8. The quantitative estimate of drug-likeness (QED) is 0.534. The SMILES string of the molecule is CCOc1ccc(-c2cc(C(=O)N/N=C\c3cccs3)[nH]n2)cc1. The van der Waals surface area contributed by atoms with Crippen molar-refractivity contribution in [2.75, 3.05) is 6.61 Å². The van der Waals surface area contributed by atoms with Crippen LogP contribution in [-0.2, 0) is 0 Å². The Balaban J connectivity index is 1.65. The topological polar surface area (TPSA) is 79.4 Å². The highest BCUT2D eigenvalue weighted by Gasteiger charge is 2.10. The summed E-state index contributed by atoms with van der Waals surface area (Å²) in [6, 6.07) is 13.1. The first-order chi connectivity index (χ1) is 11.8. The van der Waals surface area contributed by atoms with Crippen molar-refractivity contribution in [3.8, 4) is 17.0 Å². The predicted molar refractivity (Wildman–Crippen MR) is 94.6 cm³/mol. The Bertz CT molecular complexity index is 823. The average Bonchev–Trinajstić information content (AvgIpc) is 3.27. The minimum Gasteiger partial charge on any atom is -0.494 e. The molecule has 2 heterocycles. The van der Waals surface area contributed by atoms with Gasteiger partial charge >= 0.3 is 0 Å². The van der Waals surface area contributed by atoms with Gasteiger partial charge in [-0.25, -0.2) is 5.43 Å². The van der Waals surface area contributed by atoms with Gasteiger partial charge in [-0.15, -0.1) is 11.3 Å². The summed E-state index contributed by atoms with van der Waals surface area (Å²) in [5.74, 6) is 0.463. The highest BCUT2D eigenvalue weighted by Crippen LogP contribution is 2.21. The van der Waals surface area contributed by atoms with Crippen LogP contribution in [0.4, 0.5) is 0 Å². The van der Waals surface area contributed by atoms with E-state index < -0.39 is 0 Å². The van der Waals surface area contributed by atoms with Gasteiger partial charge in [0.25, 0.3) is 5.91 Å². The number of H-pyrrole nitrogens is 1. The van der Waals surface area contributed by atoms with E-state index in [2.05, 4.69) is 20.7 Å². The normalized spacial score (nSPS) is 10.9. The molecule has 6 nitrogen and oxygen atoms in total. The molecule has 122 valence electrons. The highest BCUT2D eigenvalue weighted by molar-refractivity contribution is 7.11. The van der Waals surface area contributed by atoms with Crippen molar-refractivity contribution in [2.24, 2.45) is 5.10 Å². The first-order valence-electron chi connectivity index (χ1n) is 7.42. The van der Waals surface area contributed by atoms with Gasteiger partial charge in [0.15, 0.2) is 0 Å². The lowest BCUT2D eigenvalue weighted by Crippen LogP contribution is -2.17. The summed E-state index contributed by atoms with van der Waals surface area (Å²) in [5.41, 5.74) is 4.41. The van der Waals surface area contributed by atoms with E-state index in [1.807, 2.05) is 48.7 Å². The number of carbonyl (C=O) groups excluding carboxylic acids is 1. The molecule has 0 unspecified atom stereocenters. The van der Waals surface area contributed by atoms with Gasteiger partial charge in [-0.1, -0.05) is 6.07 Å². The van der Waals surface area contributed by atoms with Gasteiger partial charge in [-0.3, -0.25) is 9.89 Å². The van der Waals surface area contributed by atoms with Gasteiger partial charge < -0.3 is 4.74 Å². The Labute approximate surface area is 143 Å². The average molecular weight is 340 g/mol. The molecule has 24 heavy (non-hydrogen) atoms. The Morgan fingerprint density at radius 1 is 1.38 bits per heavy atom. The van der Waals surface area contributed by atoms with Crippen molar-refractivity contribution >= 4 is 23.5 Å². The van der Waals surface area contributed by atoms with E-state index >= 15 is 0 Å². The number of carbonyl (C=O) groups is 1. The van der Waals surface area contributed by atoms with Crippen molar-refractivity contribution in [2.45, 2.75) is 6.92 Å². The second-order valence-electron chi connectivity index (χ2n) is 4.84. The molecule has 2 N–H and O–H groups in total. The van der Waals surface area contributed by atoms with Crippen LogP contribution in [0.1, 0.15) is 22.3 Å². The molecule has 0 radical (unpaired) electrons. The lowest BCUT2D eigenvalue weighted by atomic mass is 10.1. The maximum atomic E-state index is 12.0. The fourth-order valence-corrected chi connectivity index (χ4v) is 2.64. The maximum absolute atomic E-state index is 12.0. The summed E-state index contributed by atoms with van der Waals surface area (Å²) in [4.78, 5) is 13.0. The Morgan fingerprint density at radius 2 is 2.21 bits per heavy atom. The summed E-state index contributed by atoms with van der Waals surface area (Å²) in [7, 11) is 0. The molecule has 3 rings (SSSR count). The standard InChI is InChI=1S/C17H16N4O2S/c1-2-23-13-7-5-12(6-8-13)15-10-16(20-19-15)17(22)21-18-11-14-4-3-9-24-14/h3-11H,2H2,1H3,(H,19,20)(H,21,22)/b18-11-. The summed E-state index contributed by atoms with van der Waals surface area (Å²) in [5, 5.41) is 12.8. The highest BCUT2D eigenvalue weighted by atomic mass is 32.1. The van der Waals surface area contributed by atoms with Crippen LogP contribution in [0, 0.1) is 0 Å². The van der Waals surface area contributed by atoms with Crippen LogP contribution >= 0.6 is 11.3 Å². The minimum atomic E-state index is -0.340. The molecule has 0 aliphatic rings. The molecule has 0 bridgehead atoms. The molecular weight excluding hydrogens is 324 g/mol. The van der Waals surface area contributed by atoms with Gasteiger partial charge in [-0.2, -0.15) is 10.2 Å². The van der Waals surface area contributed by atoms with Crippen molar-refractivity contribution < 1.29 is 9.53 Å². The van der Waals surface area contributed by atoms with Crippen molar-refractivity contribution in [1.82, 2.24) is 15.6 Å². The zero-order valence-corrected chi connectivity index (χ0v) is 13.8. The number of hydrazone groups is 1. The summed E-state index contributed by atoms with van der Waals surface area (Å²) in [6.07, 6.45) is 1.60. The maximum Gasteiger partial charge on any atom is 0.289 e. The monoisotopic (exact) mass is 340 g/mol. The Kier molecular flexibility index (Phi) is 5.02. The molecule has 0 spiro atoms. The molecule has 1 amide bonds. The third-order valence-corrected chi connectivity index (χ3v) is 3.99. The van der Waals surface area contributed by atoms with Crippen LogP contribution < -0.4 is 10.2 Å². The van der Waals surface area contributed by atoms with E-state index in [-0.39, 0.29) is 5.91 Å². The Morgan fingerprint density at radius 3 is 2.92 bits per heavy atom. The van der Waals surface area contributed by atoms with E-state index in [0.29, 0.717) is 18.0 Å². The third kappa shape index (κ3) is 3.88. The molecule has 0 aliphatic heterocycles. The molecule has 0 aliphatic carbocycles. The van der Waals surface area contributed by atoms with Crippen LogP contribution in [-0.4, -0.2) is 28.9 Å². The molecule has 0 atom stereocenters. The fraction of sp³-hybridized carbons (Fsp3) is 0.118. The number of benzene rings is 1. The first kappa shape index (κ1) is 15.9. The van der Waals surface area contributed by atoms with Gasteiger partial charge in [-0.05, 0) is 48.7 Å². The zero-order valence-electron chi connectivity index (χ0n) is 13.0. The largest absolute Gasteiger partial charge is 0.494 e. The number of amides is 1. The number of hydrogen-bond acceptors (Lipinski definition) is 5. The van der Waals surface area contributed by atoms with Crippen molar-refractivity contribution in [1.29, 1.82) is 0 Å². The van der Waals surface area contributed by atoms with Gasteiger partial charge in [0.2, 0.25) is 0 Å². The van der Waals surface area contributed by atoms with Crippen LogP contribution in [0.3, 0.4) is 0 Å². The second kappa shape index (κ2) is 7.56. The molecule has 0 saturated heterocycles. The lowest BCUT2D eigenvalue weighted by Gasteiger charge is -2.02. The number of thiophene rings is 1. The number of aromatic amines is 1. The van der Waals surface area contributed by atoms with Crippen LogP contribution in [0.15, 0.2) is 52.9 Å². The Hall–Kier alpha value is -2.93. The number of aromatic nitrogens is 2. The summed E-state index contributed by atoms with van der Waals surface area (Å²) in [6.45, 7) is 2.56. The molecule has 2 aromatic heterocycles.